The Morgan fingerprint density at radius 1 is 1.42 bits per heavy atom. The standard InChI is InChI=1S/C14H23N3OS/c1-3-17(12-13-8-5-6-9-15-13)14(19)16-10-7-11-18-4-2/h5-6,8-9H,3-4,7,10-12H2,1-2H3,(H,16,19). The van der Waals surface area contributed by atoms with Crippen molar-refractivity contribution in [3.63, 3.8) is 0 Å². The monoisotopic (exact) mass is 281 g/mol. The number of hydrogen-bond donors (Lipinski definition) is 1. The fourth-order valence-corrected chi connectivity index (χ4v) is 1.94. The molecule has 1 aromatic rings. The molecule has 0 bridgehead atoms. The number of nitrogens with zero attached hydrogens (tertiary/aromatic N) is 2. The van der Waals surface area contributed by atoms with Crippen LogP contribution >= 0.6 is 12.2 Å². The maximum atomic E-state index is 5.40. The number of pyridine rings is 1. The highest BCUT2D eigenvalue weighted by molar-refractivity contribution is 7.80. The van der Waals surface area contributed by atoms with E-state index in [1.165, 1.54) is 0 Å². The number of nitrogens with one attached hydrogen (secondary N) is 1. The molecule has 0 spiro atoms. The van der Waals surface area contributed by atoms with Gasteiger partial charge in [0, 0.05) is 32.5 Å². The lowest BCUT2D eigenvalue weighted by Gasteiger charge is -2.24. The molecule has 0 aromatic carbocycles. The summed E-state index contributed by atoms with van der Waals surface area (Å²) in [4.78, 5) is 6.43. The first-order valence-corrected chi connectivity index (χ1v) is 7.19. The van der Waals surface area contributed by atoms with Crippen LogP contribution in [0.3, 0.4) is 0 Å². The van der Waals surface area contributed by atoms with Crippen LogP contribution in [-0.4, -0.2) is 41.3 Å². The predicted octanol–water partition coefficient (Wildman–Crippen LogP) is 2.20. The Hall–Kier alpha value is -1.20. The van der Waals surface area contributed by atoms with Crippen LogP contribution in [0.25, 0.3) is 0 Å². The molecule has 0 saturated carbocycles. The lowest BCUT2D eigenvalue weighted by Crippen LogP contribution is -2.39. The Bertz CT molecular complexity index is 359. The second kappa shape index (κ2) is 9.69. The first kappa shape index (κ1) is 15.9. The van der Waals surface area contributed by atoms with E-state index in [2.05, 4.69) is 22.1 Å². The van der Waals surface area contributed by atoms with Crippen molar-refractivity contribution in [2.24, 2.45) is 0 Å². The third-order valence-electron chi connectivity index (χ3n) is 2.69. The summed E-state index contributed by atoms with van der Waals surface area (Å²) in [7, 11) is 0. The fourth-order valence-electron chi connectivity index (χ4n) is 1.64. The van der Waals surface area contributed by atoms with Crippen molar-refractivity contribution in [2.45, 2.75) is 26.8 Å². The Labute approximate surface area is 121 Å². The first-order chi connectivity index (χ1) is 9.27. The van der Waals surface area contributed by atoms with Crippen LogP contribution < -0.4 is 5.32 Å². The van der Waals surface area contributed by atoms with Crippen molar-refractivity contribution >= 4 is 17.3 Å². The van der Waals surface area contributed by atoms with Gasteiger partial charge in [0.1, 0.15) is 0 Å². The van der Waals surface area contributed by atoms with Gasteiger partial charge in [-0.05, 0) is 44.6 Å². The van der Waals surface area contributed by atoms with Gasteiger partial charge in [-0.2, -0.15) is 0 Å². The van der Waals surface area contributed by atoms with Crippen LogP contribution in [0.2, 0.25) is 0 Å². The van der Waals surface area contributed by atoms with E-state index in [0.29, 0.717) is 0 Å². The highest BCUT2D eigenvalue weighted by Gasteiger charge is 2.08. The van der Waals surface area contributed by atoms with Crippen molar-refractivity contribution in [2.75, 3.05) is 26.3 Å². The molecule has 0 fully saturated rings. The van der Waals surface area contributed by atoms with Crippen LogP contribution in [0, 0.1) is 0 Å². The molecule has 1 aromatic heterocycles. The van der Waals surface area contributed by atoms with E-state index in [1.807, 2.05) is 31.3 Å². The highest BCUT2D eigenvalue weighted by atomic mass is 32.1. The van der Waals surface area contributed by atoms with Gasteiger partial charge in [-0.25, -0.2) is 0 Å². The molecule has 1 N–H and O–H groups in total. The molecular weight excluding hydrogens is 258 g/mol. The van der Waals surface area contributed by atoms with Crippen molar-refractivity contribution in [1.29, 1.82) is 0 Å². The molecule has 0 amide bonds. The van der Waals surface area contributed by atoms with Gasteiger partial charge in [0.25, 0.3) is 0 Å². The molecular formula is C14H23N3OS. The van der Waals surface area contributed by atoms with Crippen molar-refractivity contribution in [1.82, 2.24) is 15.2 Å². The molecule has 4 nitrogen and oxygen atoms in total. The Morgan fingerprint density at radius 2 is 2.26 bits per heavy atom. The van der Waals surface area contributed by atoms with Crippen LogP contribution in [0.5, 0.6) is 0 Å². The van der Waals surface area contributed by atoms with Gasteiger partial charge in [0.15, 0.2) is 5.11 Å². The minimum Gasteiger partial charge on any atom is -0.382 e. The summed E-state index contributed by atoms with van der Waals surface area (Å²) >= 11 is 5.40. The molecule has 0 atom stereocenters. The summed E-state index contributed by atoms with van der Waals surface area (Å²) in [6, 6.07) is 5.93. The van der Waals surface area contributed by atoms with E-state index in [9.17, 15) is 0 Å². The molecule has 1 heterocycles. The second-order valence-corrected chi connectivity index (χ2v) is 4.50. The number of ether oxygens (including phenoxy) is 1. The van der Waals surface area contributed by atoms with E-state index in [-0.39, 0.29) is 0 Å². The van der Waals surface area contributed by atoms with Crippen LogP contribution in [-0.2, 0) is 11.3 Å². The highest BCUT2D eigenvalue weighted by Crippen LogP contribution is 2.01. The zero-order valence-electron chi connectivity index (χ0n) is 11.8. The summed E-state index contributed by atoms with van der Waals surface area (Å²) in [5.41, 5.74) is 1.03. The van der Waals surface area contributed by atoms with Crippen molar-refractivity contribution < 1.29 is 4.74 Å². The first-order valence-electron chi connectivity index (χ1n) is 6.78. The van der Waals surface area contributed by atoms with Crippen LogP contribution in [0.15, 0.2) is 24.4 Å². The second-order valence-electron chi connectivity index (χ2n) is 4.12. The quantitative estimate of drug-likeness (QED) is 0.584. The number of rotatable bonds is 8. The number of thiocarbonyl (C=S) groups is 1. The van der Waals surface area contributed by atoms with Gasteiger partial charge in [0.2, 0.25) is 0 Å². The smallest absolute Gasteiger partial charge is 0.169 e. The van der Waals surface area contributed by atoms with Gasteiger partial charge >= 0.3 is 0 Å². The largest absolute Gasteiger partial charge is 0.382 e. The normalized spacial score (nSPS) is 10.2. The van der Waals surface area contributed by atoms with Crippen LogP contribution in [0.4, 0.5) is 0 Å². The molecule has 0 radical (unpaired) electrons. The SMILES string of the molecule is CCOCCCNC(=S)N(CC)Cc1ccccn1. The van der Waals surface area contributed by atoms with Gasteiger partial charge in [-0.1, -0.05) is 6.07 Å². The summed E-state index contributed by atoms with van der Waals surface area (Å²) < 4.78 is 5.29. The Kier molecular flexibility index (Phi) is 8.09. The van der Waals surface area contributed by atoms with E-state index < -0.39 is 0 Å². The minimum atomic E-state index is 0.745. The molecule has 0 aliphatic heterocycles. The molecule has 0 saturated heterocycles. The molecule has 19 heavy (non-hydrogen) atoms. The van der Waals surface area contributed by atoms with Gasteiger partial charge in [-0.15, -0.1) is 0 Å². The Balaban J connectivity index is 2.31. The fraction of sp³-hybridized carbons (Fsp3) is 0.571. The topological polar surface area (TPSA) is 37.4 Å². The average Bonchev–Trinajstić information content (AvgIpc) is 2.45. The number of aromatic nitrogens is 1. The average molecular weight is 281 g/mol. The van der Waals surface area contributed by atoms with E-state index in [4.69, 9.17) is 17.0 Å². The predicted molar refractivity (Wildman–Crippen MR) is 82.0 cm³/mol. The summed E-state index contributed by atoms with van der Waals surface area (Å²) in [6.45, 7) is 8.10. The van der Waals surface area contributed by atoms with E-state index >= 15 is 0 Å². The molecule has 0 aliphatic carbocycles. The molecule has 106 valence electrons. The maximum absolute atomic E-state index is 5.40. The third kappa shape index (κ3) is 6.50. The zero-order valence-corrected chi connectivity index (χ0v) is 12.6. The summed E-state index contributed by atoms with van der Waals surface area (Å²) in [6.07, 6.45) is 2.77. The van der Waals surface area contributed by atoms with Gasteiger partial charge in [0.05, 0.1) is 12.2 Å². The lowest BCUT2D eigenvalue weighted by atomic mass is 10.3. The summed E-state index contributed by atoms with van der Waals surface area (Å²) in [5.74, 6) is 0. The minimum absolute atomic E-state index is 0.745. The molecule has 5 heteroatoms. The maximum Gasteiger partial charge on any atom is 0.169 e. The van der Waals surface area contributed by atoms with Gasteiger partial charge in [-0.3, -0.25) is 4.98 Å². The molecule has 0 aliphatic rings. The van der Waals surface area contributed by atoms with E-state index in [0.717, 1.165) is 50.1 Å². The lowest BCUT2D eigenvalue weighted by molar-refractivity contribution is 0.145. The zero-order chi connectivity index (χ0) is 13.9. The van der Waals surface area contributed by atoms with Crippen molar-refractivity contribution in [3.8, 4) is 0 Å². The van der Waals surface area contributed by atoms with Crippen molar-refractivity contribution in [3.05, 3.63) is 30.1 Å². The molecule has 0 unspecified atom stereocenters. The van der Waals surface area contributed by atoms with E-state index in [1.54, 1.807) is 0 Å². The third-order valence-corrected chi connectivity index (χ3v) is 3.10. The van der Waals surface area contributed by atoms with Crippen LogP contribution in [0.1, 0.15) is 26.0 Å². The Morgan fingerprint density at radius 3 is 2.89 bits per heavy atom. The molecule has 1 rings (SSSR count). The van der Waals surface area contributed by atoms with Gasteiger partial charge < -0.3 is 15.0 Å². The number of hydrogen-bond acceptors (Lipinski definition) is 3. The summed E-state index contributed by atoms with van der Waals surface area (Å²) in [5, 5.41) is 4.04.